The predicted octanol–water partition coefficient (Wildman–Crippen LogP) is 3.41. The molecule has 1 fully saturated rings. The minimum atomic E-state index is -0.428. The van der Waals surface area contributed by atoms with E-state index in [0.717, 1.165) is 17.9 Å². The summed E-state index contributed by atoms with van der Waals surface area (Å²) < 4.78 is 8.03. The Balaban J connectivity index is 1.69. The first-order chi connectivity index (χ1) is 12.0. The first kappa shape index (κ1) is 18.3. The van der Waals surface area contributed by atoms with E-state index < -0.39 is 6.04 Å². The molecular formula is C17H24N4O2S2. The summed E-state index contributed by atoms with van der Waals surface area (Å²) >= 11 is 6.91. The molecule has 1 aliphatic heterocycles. The number of carbonyl (C=O) groups excluding carboxylic acids is 1. The summed E-state index contributed by atoms with van der Waals surface area (Å²) in [5.74, 6) is 1.47. The fourth-order valence-corrected chi connectivity index (χ4v) is 4.35. The number of hydrogen-bond acceptors (Lipinski definition) is 5. The van der Waals surface area contributed by atoms with Crippen molar-refractivity contribution < 1.29 is 9.53 Å². The number of aromatic amines is 1. The molecule has 6 nitrogen and oxygen atoms in total. The lowest BCUT2D eigenvalue weighted by Crippen LogP contribution is -2.38. The zero-order valence-electron chi connectivity index (χ0n) is 14.7. The van der Waals surface area contributed by atoms with Crippen molar-refractivity contribution in [2.24, 2.45) is 11.8 Å². The number of amides is 1. The lowest BCUT2D eigenvalue weighted by molar-refractivity contribution is -0.124. The monoisotopic (exact) mass is 380 g/mol. The van der Waals surface area contributed by atoms with E-state index in [2.05, 4.69) is 29.4 Å². The summed E-state index contributed by atoms with van der Waals surface area (Å²) in [5.41, 5.74) is 0. The molecule has 2 aromatic heterocycles. The number of thiophene rings is 1. The average molecular weight is 381 g/mol. The summed E-state index contributed by atoms with van der Waals surface area (Å²) in [7, 11) is 0. The van der Waals surface area contributed by atoms with E-state index in [4.69, 9.17) is 17.0 Å². The number of hydrogen-bond donors (Lipinski definition) is 2. The van der Waals surface area contributed by atoms with E-state index in [9.17, 15) is 4.79 Å². The second-order valence-corrected chi connectivity index (χ2v) is 8.08. The molecule has 1 saturated heterocycles. The third-order valence-corrected chi connectivity index (χ3v) is 5.83. The maximum absolute atomic E-state index is 12.7. The van der Waals surface area contributed by atoms with E-state index in [-0.39, 0.29) is 12.0 Å². The van der Waals surface area contributed by atoms with Gasteiger partial charge in [-0.05, 0) is 42.9 Å². The van der Waals surface area contributed by atoms with E-state index in [1.165, 1.54) is 0 Å². The zero-order valence-corrected chi connectivity index (χ0v) is 16.3. The van der Waals surface area contributed by atoms with Crippen molar-refractivity contribution in [1.82, 2.24) is 20.1 Å². The van der Waals surface area contributed by atoms with Crippen molar-refractivity contribution in [2.45, 2.75) is 39.3 Å². The molecule has 3 rings (SSSR count). The van der Waals surface area contributed by atoms with Gasteiger partial charge in [-0.15, -0.1) is 11.3 Å². The van der Waals surface area contributed by atoms with Crippen molar-refractivity contribution in [1.29, 1.82) is 0 Å². The third kappa shape index (κ3) is 3.86. The Kier molecular flexibility index (Phi) is 5.71. The molecule has 0 aromatic carbocycles. The maximum Gasteiger partial charge on any atom is 0.242 e. The van der Waals surface area contributed by atoms with Crippen LogP contribution in [0.5, 0.6) is 0 Å². The minimum Gasteiger partial charge on any atom is -0.378 e. The van der Waals surface area contributed by atoms with E-state index in [1.54, 1.807) is 15.9 Å². The van der Waals surface area contributed by atoms with Crippen LogP contribution in [-0.2, 0) is 9.53 Å². The van der Waals surface area contributed by atoms with Gasteiger partial charge in [0, 0.05) is 19.1 Å². The Labute approximate surface area is 156 Å². The second kappa shape index (κ2) is 7.80. The molecule has 0 saturated carbocycles. The normalized spacial score (nSPS) is 21.6. The lowest BCUT2D eigenvalue weighted by atomic mass is 9.93. The van der Waals surface area contributed by atoms with E-state index in [1.807, 2.05) is 24.4 Å². The summed E-state index contributed by atoms with van der Waals surface area (Å²) in [6.45, 7) is 7.57. The molecule has 8 heteroatoms. The molecule has 3 atom stereocenters. The summed E-state index contributed by atoms with van der Waals surface area (Å²) in [4.78, 5) is 13.7. The van der Waals surface area contributed by atoms with Gasteiger partial charge in [0.2, 0.25) is 5.91 Å². The molecule has 0 radical (unpaired) electrons. The van der Waals surface area contributed by atoms with Gasteiger partial charge in [0.1, 0.15) is 6.04 Å². The molecule has 2 aromatic rings. The highest BCUT2D eigenvalue weighted by atomic mass is 32.1. The molecule has 3 heterocycles. The lowest BCUT2D eigenvalue weighted by Gasteiger charge is -2.23. The van der Waals surface area contributed by atoms with Crippen LogP contribution < -0.4 is 5.32 Å². The Hall–Kier alpha value is -1.51. The number of aromatic nitrogens is 3. The maximum atomic E-state index is 12.7. The molecule has 0 unspecified atom stereocenters. The molecule has 136 valence electrons. The van der Waals surface area contributed by atoms with Crippen LogP contribution in [0.2, 0.25) is 0 Å². The third-order valence-electron chi connectivity index (χ3n) is 4.67. The van der Waals surface area contributed by atoms with Crippen LogP contribution in [0.1, 0.15) is 33.2 Å². The van der Waals surface area contributed by atoms with E-state index in [0.29, 0.717) is 29.0 Å². The largest absolute Gasteiger partial charge is 0.378 e. The zero-order chi connectivity index (χ0) is 18.0. The van der Waals surface area contributed by atoms with Crippen molar-refractivity contribution >= 4 is 29.5 Å². The van der Waals surface area contributed by atoms with Crippen LogP contribution in [0.4, 0.5) is 0 Å². The first-order valence-electron chi connectivity index (χ1n) is 8.59. The van der Waals surface area contributed by atoms with Crippen LogP contribution in [0, 0.1) is 16.6 Å². The quantitative estimate of drug-likeness (QED) is 0.754. The number of ether oxygens (including phenoxy) is 1. The number of nitrogens with zero attached hydrogens (tertiary/aromatic N) is 2. The van der Waals surface area contributed by atoms with Crippen molar-refractivity contribution in [3.63, 3.8) is 0 Å². The Morgan fingerprint density at radius 2 is 2.36 bits per heavy atom. The number of rotatable bonds is 6. The SMILES string of the molecule is CC(C)[C@@H]1OCC[C@@H]1CNC(=O)[C@H](C)n1c(-c2cccs2)n[nH]c1=S. The number of nitrogens with one attached hydrogen (secondary N) is 2. The van der Waals surface area contributed by atoms with Crippen molar-refractivity contribution in [3.05, 3.63) is 22.3 Å². The Bertz CT molecular complexity index is 766. The van der Waals surface area contributed by atoms with Crippen molar-refractivity contribution in [2.75, 3.05) is 13.2 Å². The number of carbonyl (C=O) groups is 1. The van der Waals surface area contributed by atoms with Crippen LogP contribution in [-0.4, -0.2) is 39.9 Å². The summed E-state index contributed by atoms with van der Waals surface area (Å²) in [6, 6.07) is 3.50. The van der Waals surface area contributed by atoms with Gasteiger partial charge in [0.05, 0.1) is 11.0 Å². The van der Waals surface area contributed by atoms with Crippen LogP contribution in [0.15, 0.2) is 17.5 Å². The molecule has 0 aliphatic carbocycles. The van der Waals surface area contributed by atoms with Gasteiger partial charge in [-0.2, -0.15) is 5.10 Å². The molecule has 0 bridgehead atoms. The standard InChI is InChI=1S/C17H24N4O2S2/c1-10(2)14-12(6-7-23-14)9-18-16(22)11(3)21-15(19-20-17(21)24)13-5-4-8-25-13/h4-5,8,10-12,14H,6-7,9H2,1-3H3,(H,18,22)(H,20,24)/t11-,12+,14-/m0/s1. The molecule has 2 N–H and O–H groups in total. The highest BCUT2D eigenvalue weighted by Crippen LogP contribution is 2.27. The molecule has 1 amide bonds. The molecule has 25 heavy (non-hydrogen) atoms. The average Bonchev–Trinajstić information content (AvgIpc) is 3.31. The van der Waals surface area contributed by atoms with Crippen LogP contribution >= 0.6 is 23.6 Å². The fourth-order valence-electron chi connectivity index (χ4n) is 3.35. The minimum absolute atomic E-state index is 0.0512. The topological polar surface area (TPSA) is 71.9 Å². The number of H-pyrrole nitrogens is 1. The fraction of sp³-hybridized carbons (Fsp3) is 0.588. The van der Waals surface area contributed by atoms with E-state index >= 15 is 0 Å². The highest BCUT2D eigenvalue weighted by Gasteiger charge is 2.31. The van der Waals surface area contributed by atoms with Crippen LogP contribution in [0.25, 0.3) is 10.7 Å². The predicted molar refractivity (Wildman–Crippen MR) is 101 cm³/mol. The van der Waals surface area contributed by atoms with Gasteiger partial charge in [-0.1, -0.05) is 19.9 Å². The molecule has 1 aliphatic rings. The van der Waals surface area contributed by atoms with Crippen LogP contribution in [0.3, 0.4) is 0 Å². The van der Waals surface area contributed by atoms with Gasteiger partial charge in [-0.25, -0.2) is 0 Å². The van der Waals surface area contributed by atoms with Gasteiger partial charge >= 0.3 is 0 Å². The second-order valence-electron chi connectivity index (χ2n) is 6.75. The molecule has 0 spiro atoms. The Morgan fingerprint density at radius 1 is 1.56 bits per heavy atom. The van der Waals surface area contributed by atoms with Crippen molar-refractivity contribution in [3.8, 4) is 10.7 Å². The van der Waals surface area contributed by atoms with Gasteiger partial charge in [0.15, 0.2) is 10.6 Å². The smallest absolute Gasteiger partial charge is 0.242 e. The highest BCUT2D eigenvalue weighted by molar-refractivity contribution is 7.71. The molecular weight excluding hydrogens is 356 g/mol. The summed E-state index contributed by atoms with van der Waals surface area (Å²) in [5, 5.41) is 12.1. The first-order valence-corrected chi connectivity index (χ1v) is 9.88. The van der Waals surface area contributed by atoms with Gasteiger partial charge in [-0.3, -0.25) is 14.5 Å². The van der Waals surface area contributed by atoms with Gasteiger partial charge < -0.3 is 10.1 Å². The van der Waals surface area contributed by atoms with Gasteiger partial charge in [0.25, 0.3) is 0 Å². The Morgan fingerprint density at radius 3 is 3.04 bits per heavy atom. The summed E-state index contributed by atoms with van der Waals surface area (Å²) in [6.07, 6.45) is 1.21.